The van der Waals surface area contributed by atoms with Gasteiger partial charge in [-0.3, -0.25) is 0 Å². The summed E-state index contributed by atoms with van der Waals surface area (Å²) in [7, 11) is 0. The largest absolute Gasteiger partial charge is 0.458 e. The van der Waals surface area contributed by atoms with Crippen LogP contribution in [0.1, 0.15) is 12.0 Å². The van der Waals surface area contributed by atoms with Gasteiger partial charge in [-0.25, -0.2) is 18.6 Å². The van der Waals surface area contributed by atoms with E-state index in [0.29, 0.717) is 11.1 Å². The normalized spacial score (nSPS) is 15.5. The standard InChI is InChI=1S/C12H10ClF2NO2/c13-10-2-1-8(6-16-10)4-12(14,15)5-9-3-11(17)18-7-9/h1-3,6H,4-5,7H2. The number of aromatic nitrogens is 1. The van der Waals surface area contributed by atoms with Crippen molar-refractivity contribution in [3.05, 3.63) is 40.7 Å². The second kappa shape index (κ2) is 5.02. The molecule has 0 bridgehead atoms. The maximum Gasteiger partial charge on any atom is 0.331 e. The van der Waals surface area contributed by atoms with Crippen molar-refractivity contribution in [3.63, 3.8) is 0 Å². The third-order valence-electron chi connectivity index (χ3n) is 2.46. The van der Waals surface area contributed by atoms with Crippen LogP contribution in [0.15, 0.2) is 30.0 Å². The Morgan fingerprint density at radius 3 is 2.72 bits per heavy atom. The van der Waals surface area contributed by atoms with Gasteiger partial charge >= 0.3 is 5.97 Å². The van der Waals surface area contributed by atoms with E-state index in [1.807, 2.05) is 0 Å². The van der Waals surface area contributed by atoms with Crippen molar-refractivity contribution in [2.75, 3.05) is 6.61 Å². The van der Waals surface area contributed by atoms with Crippen molar-refractivity contribution >= 4 is 17.6 Å². The van der Waals surface area contributed by atoms with Crippen LogP contribution in [0.5, 0.6) is 0 Å². The molecule has 0 N–H and O–H groups in total. The maximum atomic E-state index is 13.7. The van der Waals surface area contributed by atoms with Gasteiger partial charge in [0, 0.05) is 25.1 Å². The highest BCUT2D eigenvalue weighted by Gasteiger charge is 2.32. The second-order valence-electron chi connectivity index (χ2n) is 4.11. The number of pyridine rings is 1. The Bertz CT molecular complexity index is 485. The summed E-state index contributed by atoms with van der Waals surface area (Å²) in [6, 6.07) is 2.97. The summed E-state index contributed by atoms with van der Waals surface area (Å²) < 4.78 is 32.0. The number of esters is 1. The molecule has 0 aliphatic carbocycles. The average Bonchev–Trinajstić information content (AvgIpc) is 2.66. The predicted molar refractivity (Wildman–Crippen MR) is 61.6 cm³/mol. The Kier molecular flexibility index (Phi) is 3.61. The Morgan fingerprint density at radius 1 is 1.39 bits per heavy atom. The van der Waals surface area contributed by atoms with Crippen LogP contribution in [-0.2, 0) is 16.0 Å². The Labute approximate surface area is 107 Å². The monoisotopic (exact) mass is 273 g/mol. The van der Waals surface area contributed by atoms with Crippen molar-refractivity contribution in [1.29, 1.82) is 0 Å². The van der Waals surface area contributed by atoms with E-state index in [1.54, 1.807) is 0 Å². The van der Waals surface area contributed by atoms with Crippen LogP contribution in [0.25, 0.3) is 0 Å². The Hall–Kier alpha value is -1.49. The zero-order valence-electron chi connectivity index (χ0n) is 9.33. The van der Waals surface area contributed by atoms with Crippen LogP contribution < -0.4 is 0 Å². The van der Waals surface area contributed by atoms with Gasteiger partial charge in [0.15, 0.2) is 0 Å². The van der Waals surface area contributed by atoms with Crippen molar-refractivity contribution in [1.82, 2.24) is 4.98 Å². The zero-order chi connectivity index (χ0) is 13.2. The first-order chi connectivity index (χ1) is 8.44. The van der Waals surface area contributed by atoms with E-state index in [4.69, 9.17) is 11.6 Å². The van der Waals surface area contributed by atoms with Gasteiger partial charge in [0.05, 0.1) is 0 Å². The van der Waals surface area contributed by atoms with E-state index < -0.39 is 24.7 Å². The van der Waals surface area contributed by atoms with E-state index in [2.05, 4.69) is 9.72 Å². The number of rotatable bonds is 4. The van der Waals surface area contributed by atoms with Gasteiger partial charge in [-0.2, -0.15) is 0 Å². The molecule has 18 heavy (non-hydrogen) atoms. The van der Waals surface area contributed by atoms with E-state index >= 15 is 0 Å². The van der Waals surface area contributed by atoms with Crippen molar-refractivity contribution in [3.8, 4) is 0 Å². The molecule has 96 valence electrons. The van der Waals surface area contributed by atoms with Gasteiger partial charge in [0.25, 0.3) is 5.92 Å². The van der Waals surface area contributed by atoms with Gasteiger partial charge in [0.2, 0.25) is 0 Å². The molecule has 0 saturated heterocycles. The minimum absolute atomic E-state index is 0.0483. The molecule has 3 nitrogen and oxygen atoms in total. The highest BCUT2D eigenvalue weighted by molar-refractivity contribution is 6.29. The first-order valence-corrected chi connectivity index (χ1v) is 5.67. The van der Waals surface area contributed by atoms with Gasteiger partial charge in [0.1, 0.15) is 11.8 Å². The van der Waals surface area contributed by atoms with Crippen LogP contribution in [-0.4, -0.2) is 23.5 Å². The molecular weight excluding hydrogens is 264 g/mol. The summed E-state index contributed by atoms with van der Waals surface area (Å²) in [5.41, 5.74) is 0.710. The van der Waals surface area contributed by atoms with Crippen molar-refractivity contribution in [2.24, 2.45) is 0 Å². The minimum atomic E-state index is -2.94. The van der Waals surface area contributed by atoms with Gasteiger partial charge in [-0.05, 0) is 17.2 Å². The molecule has 0 aromatic carbocycles. The highest BCUT2D eigenvalue weighted by Crippen LogP contribution is 2.29. The van der Waals surface area contributed by atoms with E-state index in [0.717, 1.165) is 6.08 Å². The molecule has 2 rings (SSSR count). The number of cyclic esters (lactones) is 1. The highest BCUT2D eigenvalue weighted by atomic mass is 35.5. The molecule has 0 fully saturated rings. The van der Waals surface area contributed by atoms with Crippen LogP contribution in [0.4, 0.5) is 8.78 Å². The average molecular weight is 274 g/mol. The van der Waals surface area contributed by atoms with Gasteiger partial charge < -0.3 is 4.74 Å². The fourth-order valence-electron chi connectivity index (χ4n) is 1.72. The van der Waals surface area contributed by atoms with E-state index in [1.165, 1.54) is 18.3 Å². The molecule has 0 unspecified atom stereocenters. The fraction of sp³-hybridized carbons (Fsp3) is 0.333. The third-order valence-corrected chi connectivity index (χ3v) is 2.68. The molecule has 0 saturated carbocycles. The lowest BCUT2D eigenvalue weighted by molar-refractivity contribution is -0.135. The molecule has 0 amide bonds. The van der Waals surface area contributed by atoms with Crippen LogP contribution in [0, 0.1) is 0 Å². The lowest BCUT2D eigenvalue weighted by atomic mass is 10.0. The number of halogens is 3. The molecule has 1 aromatic heterocycles. The molecule has 1 aliphatic rings. The number of carbonyl (C=O) groups excluding carboxylic acids is 1. The third kappa shape index (κ3) is 3.50. The summed E-state index contributed by atoms with van der Waals surface area (Å²) in [4.78, 5) is 14.5. The molecule has 1 aliphatic heterocycles. The first-order valence-electron chi connectivity index (χ1n) is 5.29. The zero-order valence-corrected chi connectivity index (χ0v) is 10.1. The second-order valence-corrected chi connectivity index (χ2v) is 4.50. The smallest absolute Gasteiger partial charge is 0.331 e. The summed E-state index contributed by atoms with van der Waals surface area (Å²) in [6.07, 6.45) is 1.51. The Balaban J connectivity index is 2.00. The molecule has 6 heteroatoms. The van der Waals surface area contributed by atoms with Crippen LogP contribution in [0.3, 0.4) is 0 Å². The SMILES string of the molecule is O=C1C=C(CC(F)(F)Cc2ccc(Cl)nc2)CO1. The van der Waals surface area contributed by atoms with E-state index in [-0.39, 0.29) is 11.8 Å². The van der Waals surface area contributed by atoms with Crippen LogP contribution >= 0.6 is 11.6 Å². The number of ether oxygens (including phenoxy) is 1. The molecular formula is C12H10ClF2NO2. The lowest BCUT2D eigenvalue weighted by Gasteiger charge is -2.16. The number of carbonyl (C=O) groups is 1. The summed E-state index contributed by atoms with van der Waals surface area (Å²) in [6.45, 7) is -0.0483. The first kappa shape index (κ1) is 13.0. The number of nitrogens with zero attached hydrogens (tertiary/aromatic N) is 1. The number of hydrogen-bond acceptors (Lipinski definition) is 3. The van der Waals surface area contributed by atoms with E-state index in [9.17, 15) is 13.6 Å². The summed E-state index contributed by atoms with van der Waals surface area (Å²) in [5, 5.41) is 0.263. The molecule has 0 spiro atoms. The topological polar surface area (TPSA) is 39.2 Å². The molecule has 0 atom stereocenters. The Morgan fingerprint density at radius 2 is 2.17 bits per heavy atom. The fourth-order valence-corrected chi connectivity index (χ4v) is 1.83. The number of hydrogen-bond donors (Lipinski definition) is 0. The van der Waals surface area contributed by atoms with Crippen molar-refractivity contribution < 1.29 is 18.3 Å². The minimum Gasteiger partial charge on any atom is -0.458 e. The van der Waals surface area contributed by atoms with Gasteiger partial charge in [-0.15, -0.1) is 0 Å². The summed E-state index contributed by atoms with van der Waals surface area (Å²) in [5.74, 6) is -3.50. The molecule has 0 radical (unpaired) electrons. The predicted octanol–water partition coefficient (Wildman–Crippen LogP) is 2.79. The molecule has 2 heterocycles. The van der Waals surface area contributed by atoms with Gasteiger partial charge in [-0.1, -0.05) is 17.7 Å². The quantitative estimate of drug-likeness (QED) is 0.625. The maximum absolute atomic E-state index is 13.7. The molecule has 1 aromatic rings. The van der Waals surface area contributed by atoms with Crippen LogP contribution in [0.2, 0.25) is 5.15 Å². The lowest BCUT2D eigenvalue weighted by Crippen LogP contribution is -2.21. The van der Waals surface area contributed by atoms with Crippen molar-refractivity contribution in [2.45, 2.75) is 18.8 Å². The summed E-state index contributed by atoms with van der Waals surface area (Å²) >= 11 is 5.57. The number of alkyl halides is 2.